The lowest BCUT2D eigenvalue weighted by atomic mass is 9.96. The van der Waals surface area contributed by atoms with Gasteiger partial charge in [-0.15, -0.1) is 12.4 Å². The van der Waals surface area contributed by atoms with Crippen molar-refractivity contribution in [1.82, 2.24) is 4.90 Å². The van der Waals surface area contributed by atoms with Gasteiger partial charge in [0.15, 0.2) is 0 Å². The van der Waals surface area contributed by atoms with Crippen molar-refractivity contribution in [3.63, 3.8) is 0 Å². The average Bonchev–Trinajstić information content (AvgIpc) is 2.83. The summed E-state index contributed by atoms with van der Waals surface area (Å²) in [5.41, 5.74) is 3.31. The third-order valence-electron chi connectivity index (χ3n) is 4.30. The van der Waals surface area contributed by atoms with Crippen molar-refractivity contribution in [1.29, 1.82) is 0 Å². The maximum Gasteiger partial charge on any atom is 0.269 e. The molecule has 0 saturated heterocycles. The van der Waals surface area contributed by atoms with Gasteiger partial charge in [-0.05, 0) is 42.3 Å². The molecule has 122 valence electrons. The van der Waals surface area contributed by atoms with Crippen LogP contribution < -0.4 is 0 Å². The van der Waals surface area contributed by atoms with Gasteiger partial charge in [-0.25, -0.2) is 0 Å². The normalized spacial score (nSPS) is 18.1. The van der Waals surface area contributed by atoms with Crippen molar-refractivity contribution >= 4 is 18.1 Å². The highest BCUT2D eigenvalue weighted by molar-refractivity contribution is 5.85. The van der Waals surface area contributed by atoms with Gasteiger partial charge in [-0.3, -0.25) is 15.0 Å². The Morgan fingerprint density at radius 1 is 1.26 bits per heavy atom. The third kappa shape index (κ3) is 3.52. The summed E-state index contributed by atoms with van der Waals surface area (Å²) >= 11 is 0. The molecule has 3 rings (SSSR count). The van der Waals surface area contributed by atoms with Crippen LogP contribution in [0.4, 0.5) is 5.69 Å². The highest BCUT2D eigenvalue weighted by atomic mass is 35.5. The van der Waals surface area contributed by atoms with Gasteiger partial charge >= 0.3 is 0 Å². The Hall–Kier alpha value is -1.95. The Bertz CT molecular complexity index is 690. The molecule has 5 nitrogen and oxygen atoms in total. The van der Waals surface area contributed by atoms with Gasteiger partial charge in [-0.1, -0.05) is 24.3 Å². The molecule has 2 aromatic carbocycles. The van der Waals surface area contributed by atoms with Gasteiger partial charge in [0, 0.05) is 24.7 Å². The standard InChI is InChI=1S/C17H18N2O3.ClH/c1-18-11-13-4-2-3-5-15(13)16(18)10-17(20)12-6-8-14(9-7-12)19(21)22;/h2-9,16-17,20H,10-11H2,1H3;1H/t16-,17+;/m0./s1. The van der Waals surface area contributed by atoms with Crippen molar-refractivity contribution in [2.45, 2.75) is 25.1 Å². The number of non-ortho nitro benzene ring substituents is 1. The van der Waals surface area contributed by atoms with E-state index in [1.807, 2.05) is 19.2 Å². The second-order valence-corrected chi connectivity index (χ2v) is 5.73. The molecule has 0 unspecified atom stereocenters. The number of halogens is 1. The molecule has 1 aliphatic rings. The van der Waals surface area contributed by atoms with Crippen LogP contribution >= 0.6 is 12.4 Å². The first-order chi connectivity index (χ1) is 10.6. The van der Waals surface area contributed by atoms with E-state index in [1.54, 1.807) is 12.1 Å². The summed E-state index contributed by atoms with van der Waals surface area (Å²) in [4.78, 5) is 12.5. The quantitative estimate of drug-likeness (QED) is 0.685. The summed E-state index contributed by atoms with van der Waals surface area (Å²) in [6, 6.07) is 14.6. The molecule has 0 bridgehead atoms. The first-order valence-corrected chi connectivity index (χ1v) is 7.26. The van der Waals surface area contributed by atoms with Crippen LogP contribution in [0.15, 0.2) is 48.5 Å². The lowest BCUT2D eigenvalue weighted by Gasteiger charge is -2.23. The maximum atomic E-state index is 10.7. The molecule has 0 saturated carbocycles. The Kier molecular flexibility index (Phi) is 5.36. The van der Waals surface area contributed by atoms with Crippen molar-refractivity contribution in [2.75, 3.05) is 7.05 Å². The zero-order valence-electron chi connectivity index (χ0n) is 12.8. The maximum absolute atomic E-state index is 10.7. The Labute approximate surface area is 141 Å². The molecular weight excluding hydrogens is 316 g/mol. The Balaban J connectivity index is 0.00000192. The van der Waals surface area contributed by atoms with E-state index < -0.39 is 11.0 Å². The molecule has 1 heterocycles. The monoisotopic (exact) mass is 334 g/mol. The molecule has 0 radical (unpaired) electrons. The number of aliphatic hydroxyl groups is 1. The summed E-state index contributed by atoms with van der Waals surface area (Å²) in [5, 5.41) is 21.1. The molecule has 0 fully saturated rings. The summed E-state index contributed by atoms with van der Waals surface area (Å²) in [6.45, 7) is 0.883. The summed E-state index contributed by atoms with van der Waals surface area (Å²) in [6.07, 6.45) is -0.0647. The summed E-state index contributed by atoms with van der Waals surface area (Å²) < 4.78 is 0. The van der Waals surface area contributed by atoms with Crippen molar-refractivity contribution in [3.05, 3.63) is 75.3 Å². The molecule has 2 atom stereocenters. The van der Waals surface area contributed by atoms with E-state index >= 15 is 0 Å². The zero-order valence-corrected chi connectivity index (χ0v) is 13.6. The predicted molar refractivity (Wildman–Crippen MR) is 90.6 cm³/mol. The zero-order chi connectivity index (χ0) is 15.7. The van der Waals surface area contributed by atoms with E-state index in [0.717, 1.165) is 6.54 Å². The molecule has 0 spiro atoms. The lowest BCUT2D eigenvalue weighted by molar-refractivity contribution is -0.384. The minimum absolute atomic E-state index is 0. The molecule has 0 aromatic heterocycles. The van der Waals surface area contributed by atoms with E-state index in [-0.39, 0.29) is 24.1 Å². The van der Waals surface area contributed by atoms with Gasteiger partial charge in [0.1, 0.15) is 0 Å². The largest absolute Gasteiger partial charge is 0.388 e. The van der Waals surface area contributed by atoms with Crippen LogP contribution in [0.2, 0.25) is 0 Å². The number of aliphatic hydroxyl groups excluding tert-OH is 1. The summed E-state index contributed by atoms with van der Waals surface area (Å²) in [5.74, 6) is 0. The first kappa shape index (κ1) is 17.4. The number of hydrogen-bond donors (Lipinski definition) is 1. The average molecular weight is 335 g/mol. The van der Waals surface area contributed by atoms with Crippen molar-refractivity contribution in [3.8, 4) is 0 Å². The summed E-state index contributed by atoms with van der Waals surface area (Å²) in [7, 11) is 2.05. The van der Waals surface area contributed by atoms with E-state index in [2.05, 4.69) is 17.0 Å². The topological polar surface area (TPSA) is 66.6 Å². The fourth-order valence-corrected chi connectivity index (χ4v) is 3.09. The second-order valence-electron chi connectivity index (χ2n) is 5.73. The van der Waals surface area contributed by atoms with Crippen LogP contribution in [0.5, 0.6) is 0 Å². The number of nitro benzene ring substituents is 1. The van der Waals surface area contributed by atoms with Crippen LogP contribution in [0.3, 0.4) is 0 Å². The molecular formula is C17H19ClN2O3. The fraction of sp³-hybridized carbons (Fsp3) is 0.294. The minimum atomic E-state index is -0.639. The smallest absolute Gasteiger partial charge is 0.269 e. The highest BCUT2D eigenvalue weighted by Gasteiger charge is 2.29. The predicted octanol–water partition coefficient (Wildman–Crippen LogP) is 3.63. The number of rotatable bonds is 4. The molecule has 23 heavy (non-hydrogen) atoms. The van der Waals surface area contributed by atoms with Crippen LogP contribution in [0.25, 0.3) is 0 Å². The van der Waals surface area contributed by atoms with Crippen LogP contribution in [-0.2, 0) is 6.54 Å². The number of benzene rings is 2. The second kappa shape index (κ2) is 7.08. The van der Waals surface area contributed by atoms with E-state index in [1.165, 1.54) is 23.3 Å². The fourth-order valence-electron chi connectivity index (χ4n) is 3.09. The third-order valence-corrected chi connectivity index (χ3v) is 4.30. The van der Waals surface area contributed by atoms with Gasteiger partial charge < -0.3 is 5.11 Å². The van der Waals surface area contributed by atoms with Crippen molar-refractivity contribution < 1.29 is 10.0 Å². The van der Waals surface area contributed by atoms with E-state index in [9.17, 15) is 15.2 Å². The molecule has 0 aliphatic carbocycles. The van der Waals surface area contributed by atoms with Gasteiger partial charge in [0.25, 0.3) is 5.69 Å². The molecule has 1 aliphatic heterocycles. The van der Waals surface area contributed by atoms with Crippen molar-refractivity contribution in [2.24, 2.45) is 0 Å². The van der Waals surface area contributed by atoms with Crippen LogP contribution in [0, 0.1) is 10.1 Å². The van der Waals surface area contributed by atoms with E-state index in [4.69, 9.17) is 0 Å². The molecule has 2 aromatic rings. The van der Waals surface area contributed by atoms with E-state index in [0.29, 0.717) is 12.0 Å². The highest BCUT2D eigenvalue weighted by Crippen LogP contribution is 2.38. The first-order valence-electron chi connectivity index (χ1n) is 7.26. The lowest BCUT2D eigenvalue weighted by Crippen LogP contribution is -2.19. The number of nitro groups is 1. The Morgan fingerprint density at radius 2 is 1.91 bits per heavy atom. The van der Waals surface area contributed by atoms with Gasteiger partial charge in [-0.2, -0.15) is 0 Å². The van der Waals surface area contributed by atoms with Gasteiger partial charge in [0.05, 0.1) is 11.0 Å². The number of hydrogen-bond acceptors (Lipinski definition) is 4. The van der Waals surface area contributed by atoms with Crippen LogP contribution in [0.1, 0.15) is 35.3 Å². The number of fused-ring (bicyclic) bond motifs is 1. The SMILES string of the molecule is CN1Cc2ccccc2[C@@H]1C[C@@H](O)c1ccc([N+](=O)[O-])cc1.Cl. The molecule has 0 amide bonds. The Morgan fingerprint density at radius 3 is 2.57 bits per heavy atom. The van der Waals surface area contributed by atoms with Gasteiger partial charge in [0.2, 0.25) is 0 Å². The number of nitrogens with zero attached hydrogens (tertiary/aromatic N) is 2. The van der Waals surface area contributed by atoms with Crippen LogP contribution in [-0.4, -0.2) is 22.0 Å². The minimum Gasteiger partial charge on any atom is -0.388 e. The molecule has 1 N–H and O–H groups in total. The molecule has 6 heteroatoms.